The molecule has 6 heteroatoms. The van der Waals surface area contributed by atoms with Crippen molar-refractivity contribution in [2.24, 2.45) is 4.99 Å². The molecule has 2 aromatic carbocycles. The molecule has 0 saturated carbocycles. The molecule has 0 aliphatic carbocycles. The number of aliphatic imine (C=N–C) groups is 1. The van der Waals surface area contributed by atoms with E-state index >= 15 is 0 Å². The summed E-state index contributed by atoms with van der Waals surface area (Å²) >= 11 is 0. The molecule has 0 amide bonds. The lowest BCUT2D eigenvalue weighted by atomic mass is 10.1. The van der Waals surface area contributed by atoms with Crippen LogP contribution in [0.25, 0.3) is 0 Å². The predicted octanol–water partition coefficient (Wildman–Crippen LogP) is 3.02. The summed E-state index contributed by atoms with van der Waals surface area (Å²) < 4.78 is 24.1. The van der Waals surface area contributed by atoms with E-state index in [2.05, 4.69) is 15.6 Å². The van der Waals surface area contributed by atoms with Crippen LogP contribution in [-0.2, 0) is 13.1 Å². The van der Waals surface area contributed by atoms with Gasteiger partial charge in [0.05, 0.1) is 14.2 Å². The van der Waals surface area contributed by atoms with Crippen molar-refractivity contribution in [1.29, 1.82) is 0 Å². The Morgan fingerprint density at radius 2 is 1.72 bits per heavy atom. The molecular weight excluding hydrogens is 321 g/mol. The molecule has 0 spiro atoms. The summed E-state index contributed by atoms with van der Waals surface area (Å²) in [5, 5.41) is 6.39. The summed E-state index contributed by atoms with van der Waals surface area (Å²) in [6.45, 7) is 3.04. The van der Waals surface area contributed by atoms with Crippen LogP contribution in [0, 0.1) is 12.7 Å². The van der Waals surface area contributed by atoms with Crippen molar-refractivity contribution in [3.63, 3.8) is 0 Å². The second kappa shape index (κ2) is 8.92. The fraction of sp³-hybridized carbons (Fsp3) is 0.316. The first-order valence-corrected chi connectivity index (χ1v) is 7.97. The number of aryl methyl sites for hydroxylation is 1. The van der Waals surface area contributed by atoms with Gasteiger partial charge in [-0.2, -0.15) is 0 Å². The van der Waals surface area contributed by atoms with Crippen LogP contribution in [0.4, 0.5) is 4.39 Å². The van der Waals surface area contributed by atoms with Crippen molar-refractivity contribution in [3.8, 4) is 11.5 Å². The minimum atomic E-state index is -0.380. The highest BCUT2D eigenvalue weighted by Crippen LogP contribution is 2.20. The van der Waals surface area contributed by atoms with Crippen molar-refractivity contribution >= 4 is 5.96 Å². The van der Waals surface area contributed by atoms with Gasteiger partial charge in [0.2, 0.25) is 0 Å². The molecule has 0 aliphatic heterocycles. The van der Waals surface area contributed by atoms with Crippen LogP contribution < -0.4 is 20.1 Å². The van der Waals surface area contributed by atoms with Gasteiger partial charge in [-0.25, -0.2) is 4.39 Å². The van der Waals surface area contributed by atoms with Crippen LogP contribution in [0.3, 0.4) is 0 Å². The highest BCUT2D eigenvalue weighted by atomic mass is 19.1. The highest BCUT2D eigenvalue weighted by Gasteiger charge is 2.06. The maximum absolute atomic E-state index is 13.7. The Kier molecular flexibility index (Phi) is 6.62. The second-order valence-corrected chi connectivity index (χ2v) is 5.56. The van der Waals surface area contributed by atoms with Gasteiger partial charge in [-0.15, -0.1) is 0 Å². The number of ether oxygens (including phenoxy) is 2. The van der Waals surface area contributed by atoms with Gasteiger partial charge in [0.25, 0.3) is 0 Å². The van der Waals surface area contributed by atoms with Gasteiger partial charge in [-0.3, -0.25) is 4.99 Å². The SMILES string of the molecule is CN=C(NCc1ccc(OC)c(F)c1)NCc1ccc(C)cc1OC. The number of nitrogens with zero attached hydrogens (tertiary/aromatic N) is 1. The van der Waals surface area contributed by atoms with E-state index in [1.54, 1.807) is 20.2 Å². The number of halogens is 1. The molecule has 0 aromatic heterocycles. The summed E-state index contributed by atoms with van der Waals surface area (Å²) in [5.41, 5.74) is 2.98. The van der Waals surface area contributed by atoms with E-state index in [9.17, 15) is 4.39 Å². The van der Waals surface area contributed by atoms with Crippen molar-refractivity contribution in [2.75, 3.05) is 21.3 Å². The molecule has 5 nitrogen and oxygen atoms in total. The van der Waals surface area contributed by atoms with Gasteiger partial charge in [-0.05, 0) is 36.2 Å². The molecule has 2 aromatic rings. The monoisotopic (exact) mass is 345 g/mol. The summed E-state index contributed by atoms with van der Waals surface area (Å²) in [4.78, 5) is 4.18. The second-order valence-electron chi connectivity index (χ2n) is 5.56. The van der Waals surface area contributed by atoms with E-state index in [1.165, 1.54) is 13.2 Å². The van der Waals surface area contributed by atoms with Crippen LogP contribution in [0.1, 0.15) is 16.7 Å². The standard InChI is InChI=1S/C19H24FN3O2/c1-13-5-7-15(18(9-13)25-4)12-23-19(21-2)22-11-14-6-8-17(24-3)16(20)10-14/h5-10H,11-12H2,1-4H3,(H2,21,22,23). The number of hydrogen-bond donors (Lipinski definition) is 2. The average Bonchev–Trinajstić information content (AvgIpc) is 2.62. The topological polar surface area (TPSA) is 54.9 Å². The Balaban J connectivity index is 1.94. The summed E-state index contributed by atoms with van der Waals surface area (Å²) in [6, 6.07) is 10.9. The first-order chi connectivity index (χ1) is 12.1. The molecule has 0 aliphatic rings. The molecule has 134 valence electrons. The number of benzene rings is 2. The van der Waals surface area contributed by atoms with Crippen molar-refractivity contribution < 1.29 is 13.9 Å². The summed E-state index contributed by atoms with van der Waals surface area (Å²) in [7, 11) is 4.79. The minimum Gasteiger partial charge on any atom is -0.496 e. The largest absolute Gasteiger partial charge is 0.496 e. The molecular formula is C19H24FN3O2. The smallest absolute Gasteiger partial charge is 0.191 e. The van der Waals surface area contributed by atoms with E-state index in [4.69, 9.17) is 9.47 Å². The molecule has 0 heterocycles. The Bertz CT molecular complexity index is 747. The number of methoxy groups -OCH3 is 2. The lowest BCUT2D eigenvalue weighted by molar-refractivity contribution is 0.386. The van der Waals surface area contributed by atoms with Crippen LogP contribution in [0.2, 0.25) is 0 Å². The van der Waals surface area contributed by atoms with Gasteiger partial charge in [0, 0.05) is 25.7 Å². The first kappa shape index (κ1) is 18.6. The Morgan fingerprint density at radius 3 is 2.36 bits per heavy atom. The fourth-order valence-electron chi connectivity index (χ4n) is 2.40. The van der Waals surface area contributed by atoms with Gasteiger partial charge in [0.1, 0.15) is 5.75 Å². The third kappa shape index (κ3) is 5.11. The van der Waals surface area contributed by atoms with E-state index in [0.29, 0.717) is 19.0 Å². The van der Waals surface area contributed by atoms with Crippen molar-refractivity contribution in [1.82, 2.24) is 10.6 Å². The van der Waals surface area contributed by atoms with Crippen molar-refractivity contribution in [2.45, 2.75) is 20.0 Å². The van der Waals surface area contributed by atoms with E-state index in [0.717, 1.165) is 22.4 Å². The van der Waals surface area contributed by atoms with Gasteiger partial charge in [0.15, 0.2) is 17.5 Å². The van der Waals surface area contributed by atoms with Crippen LogP contribution in [0.5, 0.6) is 11.5 Å². The number of hydrogen-bond acceptors (Lipinski definition) is 3. The lowest BCUT2D eigenvalue weighted by Crippen LogP contribution is -2.36. The summed E-state index contributed by atoms with van der Waals surface area (Å²) in [5.74, 6) is 1.31. The Hall–Kier alpha value is -2.76. The Labute approximate surface area is 147 Å². The lowest BCUT2D eigenvalue weighted by Gasteiger charge is -2.14. The van der Waals surface area contributed by atoms with Crippen LogP contribution in [-0.4, -0.2) is 27.2 Å². The van der Waals surface area contributed by atoms with Gasteiger partial charge < -0.3 is 20.1 Å². The maximum atomic E-state index is 13.7. The van der Waals surface area contributed by atoms with Crippen LogP contribution >= 0.6 is 0 Å². The van der Waals surface area contributed by atoms with Crippen LogP contribution in [0.15, 0.2) is 41.4 Å². The van der Waals surface area contributed by atoms with E-state index in [-0.39, 0.29) is 11.6 Å². The number of nitrogens with one attached hydrogen (secondary N) is 2. The third-order valence-corrected chi connectivity index (χ3v) is 3.79. The predicted molar refractivity (Wildman–Crippen MR) is 97.7 cm³/mol. The molecule has 0 fully saturated rings. The highest BCUT2D eigenvalue weighted by molar-refractivity contribution is 5.79. The zero-order valence-electron chi connectivity index (χ0n) is 15.0. The molecule has 25 heavy (non-hydrogen) atoms. The molecule has 0 radical (unpaired) electrons. The van der Waals surface area contributed by atoms with Gasteiger partial charge in [-0.1, -0.05) is 18.2 Å². The normalized spacial score (nSPS) is 11.2. The molecule has 2 rings (SSSR count). The van der Waals surface area contributed by atoms with Gasteiger partial charge >= 0.3 is 0 Å². The average molecular weight is 345 g/mol. The molecule has 0 bridgehead atoms. The minimum absolute atomic E-state index is 0.234. The summed E-state index contributed by atoms with van der Waals surface area (Å²) in [6.07, 6.45) is 0. The Morgan fingerprint density at radius 1 is 1.00 bits per heavy atom. The van der Waals surface area contributed by atoms with E-state index < -0.39 is 0 Å². The zero-order chi connectivity index (χ0) is 18.2. The molecule has 2 N–H and O–H groups in total. The molecule has 0 atom stereocenters. The zero-order valence-corrected chi connectivity index (χ0v) is 15.0. The number of rotatable bonds is 6. The molecule has 0 saturated heterocycles. The number of guanidine groups is 1. The quantitative estimate of drug-likeness (QED) is 0.624. The fourth-order valence-corrected chi connectivity index (χ4v) is 2.40. The van der Waals surface area contributed by atoms with E-state index in [1.807, 2.05) is 31.2 Å². The first-order valence-electron chi connectivity index (χ1n) is 7.97. The van der Waals surface area contributed by atoms with Crippen molar-refractivity contribution in [3.05, 3.63) is 58.9 Å². The maximum Gasteiger partial charge on any atom is 0.191 e. The third-order valence-electron chi connectivity index (χ3n) is 3.79. The molecule has 0 unspecified atom stereocenters.